The Bertz CT molecular complexity index is 778. The molecule has 1 N–H and O–H groups in total. The molecule has 0 radical (unpaired) electrons. The highest BCUT2D eigenvalue weighted by Crippen LogP contribution is 2.48. The molecular weight excluding hydrogens is 320 g/mol. The van der Waals surface area contributed by atoms with E-state index in [1.165, 1.54) is 6.07 Å². The van der Waals surface area contributed by atoms with E-state index in [0.29, 0.717) is 31.7 Å². The number of hydrogen-bond donors (Lipinski definition) is 1. The summed E-state index contributed by atoms with van der Waals surface area (Å²) in [4.78, 5) is 28.7. The summed E-state index contributed by atoms with van der Waals surface area (Å²) in [6, 6.07) is 10.1. The molecule has 4 rings (SSSR count). The van der Waals surface area contributed by atoms with Gasteiger partial charge in [0, 0.05) is 43.6 Å². The minimum Gasteiger partial charge on any atom is -0.508 e. The number of phenolic OH excluding ortho intramolecular Hbond substituents is 1. The van der Waals surface area contributed by atoms with Crippen LogP contribution in [0, 0.1) is 5.92 Å². The molecule has 1 aliphatic carbocycles. The van der Waals surface area contributed by atoms with Crippen LogP contribution in [-0.4, -0.2) is 52.9 Å². The van der Waals surface area contributed by atoms with Gasteiger partial charge < -0.3 is 19.3 Å². The van der Waals surface area contributed by atoms with Gasteiger partial charge in [-0.1, -0.05) is 6.07 Å². The van der Waals surface area contributed by atoms with Gasteiger partial charge in [-0.25, -0.2) is 0 Å². The molecule has 2 atom stereocenters. The van der Waals surface area contributed by atoms with Gasteiger partial charge in [-0.05, 0) is 36.8 Å². The van der Waals surface area contributed by atoms with Crippen molar-refractivity contribution in [2.24, 2.45) is 5.92 Å². The number of carbonyl (C=O) groups excluding carboxylic acids is 2. The monoisotopic (exact) mass is 340 g/mol. The fraction of sp³-hybridized carbons (Fsp3) is 0.368. The standard InChI is InChI=1S/C19H20N2O4/c22-14-4-1-3-13(11-14)18(23)20-6-8-21(9-7-20)19(24)16-12-15(16)17-5-2-10-25-17/h1-5,10-11,15-16,22H,6-9,12H2/t15-,16+/m1/s1. The number of phenols is 1. The molecule has 25 heavy (non-hydrogen) atoms. The van der Waals surface area contributed by atoms with E-state index >= 15 is 0 Å². The molecular formula is C19H20N2O4. The highest BCUT2D eigenvalue weighted by molar-refractivity contribution is 5.94. The van der Waals surface area contributed by atoms with Crippen molar-refractivity contribution in [3.8, 4) is 5.75 Å². The second-order valence-corrected chi connectivity index (χ2v) is 6.63. The lowest BCUT2D eigenvalue weighted by Crippen LogP contribution is -2.51. The zero-order valence-corrected chi connectivity index (χ0v) is 13.8. The second kappa shape index (κ2) is 6.27. The number of hydrogen-bond acceptors (Lipinski definition) is 4. The lowest BCUT2D eigenvalue weighted by molar-refractivity contribution is -0.134. The molecule has 1 aliphatic heterocycles. The van der Waals surface area contributed by atoms with E-state index in [4.69, 9.17) is 4.42 Å². The number of nitrogens with zero attached hydrogens (tertiary/aromatic N) is 2. The highest BCUT2D eigenvalue weighted by atomic mass is 16.3. The van der Waals surface area contributed by atoms with Crippen LogP contribution in [0.25, 0.3) is 0 Å². The van der Waals surface area contributed by atoms with Gasteiger partial charge in [-0.15, -0.1) is 0 Å². The van der Waals surface area contributed by atoms with Crippen LogP contribution in [0.4, 0.5) is 0 Å². The molecule has 2 amide bonds. The van der Waals surface area contributed by atoms with E-state index in [-0.39, 0.29) is 29.4 Å². The lowest BCUT2D eigenvalue weighted by atomic mass is 10.1. The van der Waals surface area contributed by atoms with Gasteiger partial charge in [0.2, 0.25) is 5.91 Å². The predicted octanol–water partition coefficient (Wildman–Crippen LogP) is 2.07. The summed E-state index contributed by atoms with van der Waals surface area (Å²) < 4.78 is 5.39. The lowest BCUT2D eigenvalue weighted by Gasteiger charge is -2.35. The quantitative estimate of drug-likeness (QED) is 0.928. The minimum atomic E-state index is -0.108. The first kappa shape index (κ1) is 15.7. The van der Waals surface area contributed by atoms with E-state index < -0.39 is 0 Å². The number of benzene rings is 1. The fourth-order valence-electron chi connectivity index (χ4n) is 3.47. The van der Waals surface area contributed by atoms with Crippen LogP contribution in [0.3, 0.4) is 0 Å². The molecule has 0 spiro atoms. The maximum absolute atomic E-state index is 12.6. The molecule has 130 valence electrons. The van der Waals surface area contributed by atoms with Crippen LogP contribution >= 0.6 is 0 Å². The van der Waals surface area contributed by atoms with Crippen molar-refractivity contribution in [2.75, 3.05) is 26.2 Å². The van der Waals surface area contributed by atoms with E-state index in [1.807, 2.05) is 17.0 Å². The average molecular weight is 340 g/mol. The molecule has 2 aliphatic rings. The van der Waals surface area contributed by atoms with Gasteiger partial charge in [-0.2, -0.15) is 0 Å². The number of piperazine rings is 1. The van der Waals surface area contributed by atoms with Gasteiger partial charge in [0.15, 0.2) is 0 Å². The summed E-state index contributed by atoms with van der Waals surface area (Å²) in [5.41, 5.74) is 0.472. The van der Waals surface area contributed by atoms with Gasteiger partial charge in [0.25, 0.3) is 5.91 Å². The second-order valence-electron chi connectivity index (χ2n) is 6.63. The molecule has 6 nitrogen and oxygen atoms in total. The van der Waals surface area contributed by atoms with Crippen LogP contribution in [-0.2, 0) is 4.79 Å². The number of rotatable bonds is 3. The smallest absolute Gasteiger partial charge is 0.254 e. The van der Waals surface area contributed by atoms with Crippen molar-refractivity contribution in [2.45, 2.75) is 12.3 Å². The Morgan fingerprint density at radius 1 is 1.04 bits per heavy atom. The van der Waals surface area contributed by atoms with Gasteiger partial charge in [0.05, 0.1) is 6.26 Å². The Morgan fingerprint density at radius 3 is 2.48 bits per heavy atom. The van der Waals surface area contributed by atoms with Crippen molar-refractivity contribution in [3.05, 3.63) is 54.0 Å². The van der Waals surface area contributed by atoms with Crippen LogP contribution < -0.4 is 0 Å². The summed E-state index contributed by atoms with van der Waals surface area (Å²) in [5.74, 6) is 1.23. The van der Waals surface area contributed by atoms with Crippen LogP contribution in [0.15, 0.2) is 47.1 Å². The van der Waals surface area contributed by atoms with E-state index in [2.05, 4.69) is 0 Å². The number of aromatic hydroxyl groups is 1. The summed E-state index contributed by atoms with van der Waals surface area (Å²) in [7, 11) is 0. The number of amides is 2. The van der Waals surface area contributed by atoms with E-state index in [1.54, 1.807) is 29.4 Å². The van der Waals surface area contributed by atoms with Gasteiger partial charge in [-0.3, -0.25) is 9.59 Å². The van der Waals surface area contributed by atoms with E-state index in [0.717, 1.165) is 12.2 Å². The molecule has 2 heterocycles. The van der Waals surface area contributed by atoms with Crippen LogP contribution in [0.2, 0.25) is 0 Å². The first-order valence-electron chi connectivity index (χ1n) is 8.54. The Hall–Kier alpha value is -2.76. The average Bonchev–Trinajstić information content (AvgIpc) is 3.25. The van der Waals surface area contributed by atoms with Crippen molar-refractivity contribution in [1.82, 2.24) is 9.80 Å². The zero-order chi connectivity index (χ0) is 17.4. The summed E-state index contributed by atoms with van der Waals surface area (Å²) in [6.07, 6.45) is 2.48. The molecule has 1 saturated carbocycles. The van der Waals surface area contributed by atoms with Crippen LogP contribution in [0.1, 0.15) is 28.5 Å². The topological polar surface area (TPSA) is 74.0 Å². The molecule has 6 heteroatoms. The molecule has 1 aromatic heterocycles. The number of furan rings is 1. The SMILES string of the molecule is O=C(c1cccc(O)c1)N1CCN(C(=O)[C@H]2C[C@H]2c2ccco2)CC1. The Labute approximate surface area is 145 Å². The van der Waals surface area contributed by atoms with E-state index in [9.17, 15) is 14.7 Å². The molecule has 1 saturated heterocycles. The Balaban J connectivity index is 1.33. The number of carbonyl (C=O) groups is 2. The largest absolute Gasteiger partial charge is 0.508 e. The zero-order valence-electron chi connectivity index (χ0n) is 13.8. The fourth-order valence-corrected chi connectivity index (χ4v) is 3.47. The molecule has 2 aromatic rings. The normalized spacial score (nSPS) is 22.7. The summed E-state index contributed by atoms with van der Waals surface area (Å²) in [5, 5.41) is 9.52. The first-order chi connectivity index (χ1) is 12.1. The van der Waals surface area contributed by atoms with Crippen molar-refractivity contribution in [1.29, 1.82) is 0 Å². The Kier molecular flexibility index (Phi) is 3.95. The van der Waals surface area contributed by atoms with Crippen molar-refractivity contribution < 1.29 is 19.1 Å². The predicted molar refractivity (Wildman–Crippen MR) is 90.1 cm³/mol. The summed E-state index contributed by atoms with van der Waals surface area (Å²) in [6.45, 7) is 2.12. The molecule has 0 bridgehead atoms. The molecule has 1 aromatic carbocycles. The van der Waals surface area contributed by atoms with Gasteiger partial charge in [0.1, 0.15) is 11.5 Å². The molecule has 2 fully saturated rings. The minimum absolute atomic E-state index is 0.0134. The molecule has 0 unspecified atom stereocenters. The first-order valence-corrected chi connectivity index (χ1v) is 8.54. The van der Waals surface area contributed by atoms with Crippen molar-refractivity contribution >= 4 is 11.8 Å². The summed E-state index contributed by atoms with van der Waals surface area (Å²) >= 11 is 0. The Morgan fingerprint density at radius 2 is 1.80 bits per heavy atom. The van der Waals surface area contributed by atoms with Gasteiger partial charge >= 0.3 is 0 Å². The third-order valence-electron chi connectivity index (χ3n) is 4.99. The van der Waals surface area contributed by atoms with Crippen molar-refractivity contribution in [3.63, 3.8) is 0 Å². The third-order valence-corrected chi connectivity index (χ3v) is 4.99. The van der Waals surface area contributed by atoms with Crippen LogP contribution in [0.5, 0.6) is 5.75 Å². The highest BCUT2D eigenvalue weighted by Gasteiger charge is 2.47. The maximum Gasteiger partial charge on any atom is 0.254 e. The maximum atomic E-state index is 12.6. The third kappa shape index (κ3) is 3.12.